The predicted octanol–water partition coefficient (Wildman–Crippen LogP) is 4.11. The second kappa shape index (κ2) is 6.36. The molecule has 5 heteroatoms. The van der Waals surface area contributed by atoms with E-state index in [-0.39, 0.29) is 11.3 Å². The number of para-hydroxylation sites is 1. The second-order valence-corrected chi connectivity index (χ2v) is 8.88. The van der Waals surface area contributed by atoms with Gasteiger partial charge in [0.15, 0.2) is 5.13 Å². The Hall–Kier alpha value is -1.62. The first-order valence-electron chi connectivity index (χ1n) is 8.71. The number of amides is 1. The molecule has 130 valence electrons. The Morgan fingerprint density at radius 3 is 2.42 bits per heavy atom. The normalized spacial score (nSPS) is 16.2. The molecule has 0 atom stereocenters. The molecule has 0 N–H and O–H groups in total. The summed E-state index contributed by atoms with van der Waals surface area (Å²) in [6, 6.07) is 6.46. The lowest BCUT2D eigenvalue weighted by Crippen LogP contribution is -2.51. The maximum atomic E-state index is 12.4. The molecule has 2 aromatic rings. The third-order valence-electron chi connectivity index (χ3n) is 4.54. The van der Waals surface area contributed by atoms with E-state index >= 15 is 0 Å². The lowest BCUT2D eigenvalue weighted by atomic mass is 9.94. The molecule has 0 radical (unpaired) electrons. The molecule has 1 aliphatic rings. The molecule has 1 fully saturated rings. The van der Waals surface area contributed by atoms with Gasteiger partial charge in [0.2, 0.25) is 5.91 Å². The van der Waals surface area contributed by atoms with Gasteiger partial charge in [-0.2, -0.15) is 0 Å². The highest BCUT2D eigenvalue weighted by Crippen LogP contribution is 2.34. The summed E-state index contributed by atoms with van der Waals surface area (Å²) in [4.78, 5) is 21.6. The van der Waals surface area contributed by atoms with Gasteiger partial charge in [0.05, 0.1) is 10.2 Å². The minimum atomic E-state index is -0.301. The van der Waals surface area contributed by atoms with Crippen molar-refractivity contribution in [3.8, 4) is 0 Å². The average molecular weight is 346 g/mol. The smallest absolute Gasteiger partial charge is 0.228 e. The number of fused-ring (bicyclic) bond motifs is 1. The molecule has 1 aliphatic heterocycles. The summed E-state index contributed by atoms with van der Waals surface area (Å²) in [6.07, 6.45) is 0. The van der Waals surface area contributed by atoms with Gasteiger partial charge in [0.1, 0.15) is 0 Å². The molecule has 1 saturated heterocycles. The van der Waals surface area contributed by atoms with E-state index in [4.69, 9.17) is 4.98 Å². The zero-order chi connectivity index (χ0) is 17.5. The molecule has 4 nitrogen and oxygen atoms in total. The van der Waals surface area contributed by atoms with Gasteiger partial charge in [0.25, 0.3) is 0 Å². The zero-order valence-electron chi connectivity index (χ0n) is 15.3. The summed E-state index contributed by atoms with van der Waals surface area (Å²) in [6.45, 7) is 13.7. The second-order valence-electron chi connectivity index (χ2n) is 7.87. The summed E-state index contributed by atoms with van der Waals surface area (Å²) in [5, 5.41) is 1.08. The van der Waals surface area contributed by atoms with Crippen molar-refractivity contribution in [1.29, 1.82) is 0 Å². The summed E-state index contributed by atoms with van der Waals surface area (Å²) >= 11 is 1.76. The highest BCUT2D eigenvalue weighted by molar-refractivity contribution is 7.22. The molecular weight excluding hydrogens is 318 g/mol. The Morgan fingerprint density at radius 2 is 1.83 bits per heavy atom. The van der Waals surface area contributed by atoms with Crippen LogP contribution < -0.4 is 4.90 Å². The standard InChI is InChI=1S/C19H27N3OS/c1-13(2)14-7-6-8-15-16(14)20-18(24-15)22-11-9-21(10-12-22)17(23)19(3,4)5/h6-8,13H,9-12H2,1-5H3. The van der Waals surface area contributed by atoms with Gasteiger partial charge >= 0.3 is 0 Å². The Morgan fingerprint density at radius 1 is 1.17 bits per heavy atom. The summed E-state index contributed by atoms with van der Waals surface area (Å²) in [5.74, 6) is 0.721. The largest absolute Gasteiger partial charge is 0.345 e. The Labute approximate surface area is 148 Å². The summed E-state index contributed by atoms with van der Waals surface area (Å²) < 4.78 is 1.25. The summed E-state index contributed by atoms with van der Waals surface area (Å²) in [7, 11) is 0. The van der Waals surface area contributed by atoms with Gasteiger partial charge in [-0.15, -0.1) is 0 Å². The molecular formula is C19H27N3OS. The number of nitrogens with zero attached hydrogens (tertiary/aromatic N) is 3. The van der Waals surface area contributed by atoms with E-state index in [0.29, 0.717) is 5.92 Å². The fraction of sp³-hybridized carbons (Fsp3) is 0.579. The fourth-order valence-electron chi connectivity index (χ4n) is 3.13. The van der Waals surface area contributed by atoms with Gasteiger partial charge in [-0.3, -0.25) is 4.79 Å². The maximum Gasteiger partial charge on any atom is 0.228 e. The van der Waals surface area contributed by atoms with Crippen LogP contribution in [0.4, 0.5) is 5.13 Å². The van der Waals surface area contributed by atoms with E-state index in [1.54, 1.807) is 11.3 Å². The maximum absolute atomic E-state index is 12.4. The quantitative estimate of drug-likeness (QED) is 0.822. The lowest BCUT2D eigenvalue weighted by Gasteiger charge is -2.37. The third kappa shape index (κ3) is 3.27. The predicted molar refractivity (Wildman–Crippen MR) is 102 cm³/mol. The van der Waals surface area contributed by atoms with E-state index in [1.807, 2.05) is 25.7 Å². The Kier molecular flexibility index (Phi) is 4.56. The van der Waals surface area contributed by atoms with Crippen LogP contribution in [-0.2, 0) is 4.79 Å². The first kappa shape index (κ1) is 17.2. The minimum Gasteiger partial charge on any atom is -0.345 e. The first-order valence-corrected chi connectivity index (χ1v) is 9.53. The van der Waals surface area contributed by atoms with Crippen molar-refractivity contribution in [2.24, 2.45) is 5.41 Å². The van der Waals surface area contributed by atoms with Crippen molar-refractivity contribution >= 4 is 32.6 Å². The van der Waals surface area contributed by atoms with Gasteiger partial charge in [0, 0.05) is 31.6 Å². The van der Waals surface area contributed by atoms with Gasteiger partial charge in [-0.1, -0.05) is 58.1 Å². The topological polar surface area (TPSA) is 36.4 Å². The molecule has 2 heterocycles. The van der Waals surface area contributed by atoms with Crippen molar-refractivity contribution in [3.63, 3.8) is 0 Å². The first-order chi connectivity index (χ1) is 11.3. The molecule has 1 aromatic heterocycles. The SMILES string of the molecule is CC(C)c1cccc2sc(N3CCN(C(=O)C(C)(C)C)CC3)nc12. The monoisotopic (exact) mass is 345 g/mol. The van der Waals surface area contributed by atoms with E-state index in [1.165, 1.54) is 10.3 Å². The fourth-order valence-corrected chi connectivity index (χ4v) is 4.19. The number of hydrogen-bond donors (Lipinski definition) is 0. The van der Waals surface area contributed by atoms with Crippen LogP contribution in [0.25, 0.3) is 10.2 Å². The van der Waals surface area contributed by atoms with E-state index in [0.717, 1.165) is 36.8 Å². The van der Waals surface area contributed by atoms with Crippen LogP contribution in [0.5, 0.6) is 0 Å². The highest BCUT2D eigenvalue weighted by Gasteiger charge is 2.30. The molecule has 1 amide bonds. The van der Waals surface area contributed by atoms with Crippen molar-refractivity contribution in [2.75, 3.05) is 31.1 Å². The molecule has 0 saturated carbocycles. The van der Waals surface area contributed by atoms with Crippen LogP contribution in [-0.4, -0.2) is 42.0 Å². The van der Waals surface area contributed by atoms with Crippen LogP contribution in [0.3, 0.4) is 0 Å². The van der Waals surface area contributed by atoms with Crippen LogP contribution in [0.1, 0.15) is 46.1 Å². The number of piperazine rings is 1. The molecule has 1 aromatic carbocycles. The van der Waals surface area contributed by atoms with Crippen LogP contribution >= 0.6 is 11.3 Å². The number of anilines is 1. The van der Waals surface area contributed by atoms with Crippen LogP contribution in [0.2, 0.25) is 0 Å². The van der Waals surface area contributed by atoms with Crippen LogP contribution in [0.15, 0.2) is 18.2 Å². The molecule has 3 rings (SSSR count). The molecule has 0 spiro atoms. The van der Waals surface area contributed by atoms with Crippen molar-refractivity contribution in [2.45, 2.75) is 40.5 Å². The lowest BCUT2D eigenvalue weighted by molar-refractivity contribution is -0.139. The van der Waals surface area contributed by atoms with E-state index < -0.39 is 0 Å². The molecule has 0 bridgehead atoms. The number of carbonyl (C=O) groups excluding carboxylic acids is 1. The number of thiazole rings is 1. The average Bonchev–Trinajstić information content (AvgIpc) is 2.97. The third-order valence-corrected chi connectivity index (χ3v) is 5.62. The van der Waals surface area contributed by atoms with E-state index in [9.17, 15) is 4.79 Å². The van der Waals surface area contributed by atoms with Crippen molar-refractivity contribution < 1.29 is 4.79 Å². The zero-order valence-corrected chi connectivity index (χ0v) is 16.1. The number of benzene rings is 1. The van der Waals surface area contributed by atoms with Gasteiger partial charge in [-0.05, 0) is 17.5 Å². The number of hydrogen-bond acceptors (Lipinski definition) is 4. The van der Waals surface area contributed by atoms with Gasteiger partial charge < -0.3 is 9.80 Å². The number of carbonyl (C=O) groups is 1. The number of aromatic nitrogens is 1. The summed E-state index contributed by atoms with van der Waals surface area (Å²) in [5.41, 5.74) is 2.15. The Balaban J connectivity index is 1.76. The van der Waals surface area contributed by atoms with E-state index in [2.05, 4.69) is 36.9 Å². The number of rotatable bonds is 2. The van der Waals surface area contributed by atoms with Crippen molar-refractivity contribution in [1.82, 2.24) is 9.88 Å². The molecule has 0 unspecified atom stereocenters. The van der Waals surface area contributed by atoms with Gasteiger partial charge in [-0.25, -0.2) is 4.98 Å². The van der Waals surface area contributed by atoms with Crippen molar-refractivity contribution in [3.05, 3.63) is 23.8 Å². The molecule has 24 heavy (non-hydrogen) atoms. The highest BCUT2D eigenvalue weighted by atomic mass is 32.1. The Bertz CT molecular complexity index is 737. The molecule has 0 aliphatic carbocycles. The van der Waals surface area contributed by atoms with Crippen LogP contribution in [0, 0.1) is 5.41 Å². The minimum absolute atomic E-state index is 0.244.